The minimum Gasteiger partial charge on any atom is -0.504 e. The number of nitrogens with one attached hydrogen (secondary N) is 1. The first-order valence-corrected chi connectivity index (χ1v) is 8.84. The zero-order chi connectivity index (χ0) is 17.1. The summed E-state index contributed by atoms with van der Waals surface area (Å²) in [6.07, 6.45) is 2.05. The van der Waals surface area contributed by atoms with Gasteiger partial charge in [-0.2, -0.15) is 0 Å². The Kier molecular flexibility index (Phi) is 5.13. The molecule has 1 aliphatic rings. The summed E-state index contributed by atoms with van der Waals surface area (Å²) in [5.41, 5.74) is 1.72. The third-order valence-corrected chi connectivity index (χ3v) is 4.59. The first kappa shape index (κ1) is 16.9. The minimum atomic E-state index is -0.105. The Morgan fingerprint density at radius 1 is 1.33 bits per heavy atom. The summed E-state index contributed by atoms with van der Waals surface area (Å²) in [6, 6.07) is 13.1. The van der Waals surface area contributed by atoms with Gasteiger partial charge >= 0.3 is 6.03 Å². The summed E-state index contributed by atoms with van der Waals surface area (Å²) < 4.78 is 6.22. The molecular weight excluding hydrogens is 419 g/mol. The number of amides is 2. The zero-order valence-corrected chi connectivity index (χ0v) is 15.5. The van der Waals surface area contributed by atoms with Crippen molar-refractivity contribution in [1.82, 2.24) is 4.90 Å². The Labute approximate surface area is 154 Å². The molecule has 0 spiro atoms. The third-order valence-electron chi connectivity index (χ3n) is 3.92. The van der Waals surface area contributed by atoms with Gasteiger partial charge in [-0.15, -0.1) is 0 Å². The monoisotopic (exact) mass is 438 g/mol. The van der Waals surface area contributed by atoms with Gasteiger partial charge in [0.1, 0.15) is 0 Å². The summed E-state index contributed by atoms with van der Waals surface area (Å²) in [7, 11) is 1.52. The summed E-state index contributed by atoms with van der Waals surface area (Å²) in [5.74, 6) is 0.517. The van der Waals surface area contributed by atoms with Crippen LogP contribution in [0.2, 0.25) is 0 Å². The quantitative estimate of drug-likeness (QED) is 0.688. The molecule has 0 bridgehead atoms. The number of rotatable bonds is 5. The molecule has 24 heavy (non-hydrogen) atoms. The second kappa shape index (κ2) is 7.29. The van der Waals surface area contributed by atoms with Crippen molar-refractivity contribution >= 4 is 34.3 Å². The summed E-state index contributed by atoms with van der Waals surface area (Å²) in [4.78, 5) is 14.5. The van der Waals surface area contributed by atoms with Crippen LogP contribution in [0, 0.1) is 3.57 Å². The average molecular weight is 438 g/mol. The number of phenols is 1. The number of methoxy groups -OCH3 is 1. The molecule has 3 rings (SSSR count). The number of hydrogen-bond donors (Lipinski definition) is 2. The Morgan fingerprint density at radius 2 is 2.12 bits per heavy atom. The molecule has 2 aromatic rings. The third kappa shape index (κ3) is 4.11. The fraction of sp³-hybridized carbons (Fsp3) is 0.278. The molecule has 0 aliphatic heterocycles. The van der Waals surface area contributed by atoms with E-state index in [1.807, 2.05) is 35.2 Å². The molecule has 1 fully saturated rings. The highest BCUT2D eigenvalue weighted by Gasteiger charge is 2.32. The van der Waals surface area contributed by atoms with E-state index < -0.39 is 0 Å². The number of carbonyl (C=O) groups is 1. The lowest BCUT2D eigenvalue weighted by atomic mass is 10.2. The lowest BCUT2D eigenvalue weighted by molar-refractivity contribution is 0.206. The van der Waals surface area contributed by atoms with Crippen molar-refractivity contribution in [3.05, 3.63) is 51.6 Å². The molecular formula is C18H19IN2O3. The van der Waals surface area contributed by atoms with Crippen LogP contribution < -0.4 is 10.1 Å². The molecule has 5 nitrogen and oxygen atoms in total. The van der Waals surface area contributed by atoms with Crippen LogP contribution in [0.4, 0.5) is 10.5 Å². The van der Waals surface area contributed by atoms with Crippen LogP contribution >= 0.6 is 22.6 Å². The number of nitrogens with zero attached hydrogens (tertiary/aromatic N) is 1. The molecule has 0 radical (unpaired) electrons. The van der Waals surface area contributed by atoms with Crippen molar-refractivity contribution in [2.24, 2.45) is 0 Å². The molecule has 0 heterocycles. The van der Waals surface area contributed by atoms with Gasteiger partial charge in [-0.05, 0) is 71.3 Å². The molecule has 1 saturated carbocycles. The van der Waals surface area contributed by atoms with E-state index in [4.69, 9.17) is 4.74 Å². The van der Waals surface area contributed by atoms with Crippen LogP contribution in [0.1, 0.15) is 18.4 Å². The number of aromatic hydroxyl groups is 1. The number of carbonyl (C=O) groups excluding carboxylic acids is 1. The highest BCUT2D eigenvalue weighted by molar-refractivity contribution is 14.1. The van der Waals surface area contributed by atoms with Gasteiger partial charge in [0.05, 0.1) is 7.11 Å². The molecule has 2 amide bonds. The molecule has 2 N–H and O–H groups in total. The van der Waals surface area contributed by atoms with Crippen molar-refractivity contribution in [3.8, 4) is 11.5 Å². The van der Waals surface area contributed by atoms with Crippen LogP contribution in [-0.2, 0) is 6.54 Å². The Bertz CT molecular complexity index is 747. The van der Waals surface area contributed by atoms with Crippen LogP contribution in [0.3, 0.4) is 0 Å². The second-order valence-corrected chi connectivity index (χ2v) is 7.05. The van der Waals surface area contributed by atoms with E-state index in [-0.39, 0.29) is 17.8 Å². The van der Waals surface area contributed by atoms with Crippen LogP contribution in [0.25, 0.3) is 0 Å². The molecule has 2 aromatic carbocycles. The van der Waals surface area contributed by atoms with Gasteiger partial charge in [0.2, 0.25) is 0 Å². The Hall–Kier alpha value is -1.96. The topological polar surface area (TPSA) is 61.8 Å². The molecule has 0 aromatic heterocycles. The Balaban J connectivity index is 1.74. The van der Waals surface area contributed by atoms with Crippen molar-refractivity contribution in [3.63, 3.8) is 0 Å². The number of phenolic OH excluding ortho intramolecular Hbond substituents is 1. The van der Waals surface area contributed by atoms with Crippen molar-refractivity contribution < 1.29 is 14.6 Å². The predicted octanol–water partition coefficient (Wildman–Crippen LogP) is 4.20. The first-order chi connectivity index (χ1) is 11.6. The van der Waals surface area contributed by atoms with Crippen molar-refractivity contribution in [2.45, 2.75) is 25.4 Å². The summed E-state index contributed by atoms with van der Waals surface area (Å²) >= 11 is 2.22. The van der Waals surface area contributed by atoms with Gasteiger partial charge < -0.3 is 20.1 Å². The van der Waals surface area contributed by atoms with Crippen molar-refractivity contribution in [1.29, 1.82) is 0 Å². The van der Waals surface area contributed by atoms with Gasteiger partial charge in [0.25, 0.3) is 0 Å². The lowest BCUT2D eigenvalue weighted by Gasteiger charge is -2.23. The molecule has 0 atom stereocenters. The van der Waals surface area contributed by atoms with Crippen LogP contribution in [0.15, 0.2) is 42.5 Å². The van der Waals surface area contributed by atoms with Crippen LogP contribution in [0.5, 0.6) is 11.5 Å². The summed E-state index contributed by atoms with van der Waals surface area (Å²) in [5, 5.41) is 12.7. The number of anilines is 1. The molecule has 126 valence electrons. The van der Waals surface area contributed by atoms with E-state index in [1.165, 1.54) is 7.11 Å². The van der Waals surface area contributed by atoms with Gasteiger partial charge in [0, 0.05) is 21.8 Å². The second-order valence-electron chi connectivity index (χ2n) is 5.81. The number of halogens is 1. The highest BCUT2D eigenvalue weighted by atomic mass is 127. The predicted molar refractivity (Wildman–Crippen MR) is 101 cm³/mol. The molecule has 0 unspecified atom stereocenters. The molecule has 1 aliphatic carbocycles. The van der Waals surface area contributed by atoms with Gasteiger partial charge in [-0.1, -0.05) is 12.1 Å². The standard InChI is InChI=1S/C18H19IN2O3/c1-24-17-9-12(5-8-16(17)22)11-21(15-6-7-15)18(23)20-14-4-2-3-13(19)10-14/h2-5,8-10,15,22H,6-7,11H2,1H3,(H,20,23). The normalized spacial score (nSPS) is 13.4. The number of ether oxygens (including phenoxy) is 1. The van der Waals surface area contributed by atoms with Crippen LogP contribution in [-0.4, -0.2) is 29.2 Å². The average Bonchev–Trinajstić information content (AvgIpc) is 3.38. The maximum Gasteiger partial charge on any atom is 0.322 e. The lowest BCUT2D eigenvalue weighted by Crippen LogP contribution is -2.36. The number of hydrogen-bond acceptors (Lipinski definition) is 3. The molecule has 0 saturated heterocycles. The highest BCUT2D eigenvalue weighted by Crippen LogP contribution is 2.31. The molecule has 6 heteroatoms. The SMILES string of the molecule is COc1cc(CN(C(=O)Nc2cccc(I)c2)C2CC2)ccc1O. The fourth-order valence-corrected chi connectivity index (χ4v) is 3.07. The minimum absolute atomic E-state index is 0.0996. The zero-order valence-electron chi connectivity index (χ0n) is 13.3. The van der Waals surface area contributed by atoms with Gasteiger partial charge in [-0.25, -0.2) is 4.79 Å². The largest absolute Gasteiger partial charge is 0.504 e. The smallest absolute Gasteiger partial charge is 0.322 e. The van der Waals surface area contributed by atoms with Gasteiger partial charge in [0.15, 0.2) is 11.5 Å². The fourth-order valence-electron chi connectivity index (χ4n) is 2.53. The van der Waals surface area contributed by atoms with E-state index >= 15 is 0 Å². The number of urea groups is 1. The van der Waals surface area contributed by atoms with E-state index in [0.29, 0.717) is 12.3 Å². The van der Waals surface area contributed by atoms with E-state index in [2.05, 4.69) is 27.9 Å². The number of benzene rings is 2. The van der Waals surface area contributed by atoms with Crippen molar-refractivity contribution in [2.75, 3.05) is 12.4 Å². The Morgan fingerprint density at radius 3 is 2.79 bits per heavy atom. The summed E-state index contributed by atoms with van der Waals surface area (Å²) in [6.45, 7) is 0.483. The van der Waals surface area contributed by atoms with E-state index in [0.717, 1.165) is 27.7 Å². The van der Waals surface area contributed by atoms with E-state index in [9.17, 15) is 9.90 Å². The maximum absolute atomic E-state index is 12.7. The van der Waals surface area contributed by atoms with Gasteiger partial charge in [-0.3, -0.25) is 0 Å². The first-order valence-electron chi connectivity index (χ1n) is 7.76. The van der Waals surface area contributed by atoms with E-state index in [1.54, 1.807) is 12.1 Å². The maximum atomic E-state index is 12.7.